The van der Waals surface area contributed by atoms with E-state index in [9.17, 15) is 9.59 Å². The Morgan fingerprint density at radius 1 is 1.04 bits per heavy atom. The lowest BCUT2D eigenvalue weighted by Gasteiger charge is -2.22. The number of methoxy groups -OCH3 is 1. The Morgan fingerprint density at radius 2 is 1.75 bits per heavy atom. The van der Waals surface area contributed by atoms with Crippen LogP contribution in [0.3, 0.4) is 0 Å². The van der Waals surface area contributed by atoms with E-state index in [4.69, 9.17) is 9.47 Å². The van der Waals surface area contributed by atoms with Gasteiger partial charge >= 0.3 is 5.97 Å². The Balaban J connectivity index is 1.63. The number of carbonyl (C=O) groups excluding carboxylic acids is 2. The van der Waals surface area contributed by atoms with E-state index < -0.39 is 0 Å². The Hall–Kier alpha value is -2.82. The van der Waals surface area contributed by atoms with E-state index in [1.807, 2.05) is 0 Å². The SMILES string of the molecule is COc1ccccc1C(=O)Nc1ccc(OC(=O)C2CCC2)cc1. The van der Waals surface area contributed by atoms with Gasteiger partial charge in [-0.25, -0.2) is 0 Å². The van der Waals surface area contributed by atoms with Gasteiger partial charge in [0.05, 0.1) is 18.6 Å². The minimum atomic E-state index is -0.258. The average molecular weight is 325 g/mol. The standard InChI is InChI=1S/C19H19NO4/c1-23-17-8-3-2-7-16(17)18(21)20-14-9-11-15(12-10-14)24-19(22)13-5-4-6-13/h2-3,7-13H,4-6H2,1H3,(H,20,21). The molecule has 0 saturated heterocycles. The van der Waals surface area contributed by atoms with Gasteiger partial charge in [0.15, 0.2) is 0 Å². The Morgan fingerprint density at radius 3 is 2.38 bits per heavy atom. The van der Waals surface area contributed by atoms with E-state index in [0.29, 0.717) is 22.7 Å². The predicted octanol–water partition coefficient (Wildman–Crippen LogP) is 3.65. The van der Waals surface area contributed by atoms with Gasteiger partial charge in [-0.2, -0.15) is 0 Å². The van der Waals surface area contributed by atoms with Crippen LogP contribution < -0.4 is 14.8 Å². The van der Waals surface area contributed by atoms with Crippen LogP contribution in [-0.2, 0) is 4.79 Å². The number of amides is 1. The third kappa shape index (κ3) is 3.56. The molecule has 1 fully saturated rings. The Kier molecular flexibility index (Phi) is 4.79. The number of esters is 1. The van der Waals surface area contributed by atoms with E-state index in [1.54, 1.807) is 48.5 Å². The lowest BCUT2D eigenvalue weighted by molar-refractivity contribution is -0.141. The first kappa shape index (κ1) is 16.1. The minimum absolute atomic E-state index is 0.0370. The molecule has 0 aliphatic heterocycles. The van der Waals surface area contributed by atoms with Gasteiger partial charge in [0.25, 0.3) is 5.91 Å². The highest BCUT2D eigenvalue weighted by Crippen LogP contribution is 2.28. The summed E-state index contributed by atoms with van der Waals surface area (Å²) in [6, 6.07) is 13.8. The molecule has 24 heavy (non-hydrogen) atoms. The summed E-state index contributed by atoms with van der Waals surface area (Å²) >= 11 is 0. The summed E-state index contributed by atoms with van der Waals surface area (Å²) in [4.78, 5) is 24.1. The number of ether oxygens (including phenoxy) is 2. The normalized spacial score (nSPS) is 13.7. The van der Waals surface area contributed by atoms with Gasteiger partial charge in [-0.1, -0.05) is 18.6 Å². The maximum atomic E-state index is 12.3. The van der Waals surface area contributed by atoms with Gasteiger partial charge in [0, 0.05) is 5.69 Å². The number of nitrogens with one attached hydrogen (secondary N) is 1. The van der Waals surface area contributed by atoms with E-state index in [-0.39, 0.29) is 17.8 Å². The number of anilines is 1. The van der Waals surface area contributed by atoms with Gasteiger partial charge in [-0.15, -0.1) is 0 Å². The summed E-state index contributed by atoms with van der Waals surface area (Å²) in [5.41, 5.74) is 1.08. The highest BCUT2D eigenvalue weighted by Gasteiger charge is 2.27. The van der Waals surface area contributed by atoms with Crippen molar-refractivity contribution in [2.75, 3.05) is 12.4 Å². The number of para-hydroxylation sites is 1. The molecule has 1 amide bonds. The molecule has 1 N–H and O–H groups in total. The summed E-state index contributed by atoms with van der Waals surface area (Å²) in [5.74, 6) is 0.608. The number of hydrogen-bond donors (Lipinski definition) is 1. The van der Waals surface area contributed by atoms with Crippen molar-refractivity contribution < 1.29 is 19.1 Å². The van der Waals surface area contributed by atoms with Gasteiger partial charge in [0.1, 0.15) is 11.5 Å². The number of carbonyl (C=O) groups is 2. The van der Waals surface area contributed by atoms with Crippen LogP contribution in [0.5, 0.6) is 11.5 Å². The zero-order valence-corrected chi connectivity index (χ0v) is 13.5. The molecule has 0 bridgehead atoms. The van der Waals surface area contributed by atoms with E-state index in [2.05, 4.69) is 5.32 Å². The van der Waals surface area contributed by atoms with Crippen LogP contribution in [0, 0.1) is 5.92 Å². The molecule has 1 aliphatic rings. The zero-order chi connectivity index (χ0) is 16.9. The highest BCUT2D eigenvalue weighted by molar-refractivity contribution is 6.06. The summed E-state index contributed by atoms with van der Waals surface area (Å²) in [5, 5.41) is 2.80. The second-order valence-electron chi connectivity index (χ2n) is 5.73. The lowest BCUT2D eigenvalue weighted by atomic mass is 9.86. The molecule has 5 heteroatoms. The average Bonchev–Trinajstić information content (AvgIpc) is 2.55. The fraction of sp³-hybridized carbons (Fsp3) is 0.263. The first-order chi connectivity index (χ1) is 11.7. The molecule has 2 aromatic carbocycles. The van der Waals surface area contributed by atoms with Crippen LogP contribution in [0.4, 0.5) is 5.69 Å². The predicted molar refractivity (Wildman–Crippen MR) is 90.4 cm³/mol. The number of benzene rings is 2. The van der Waals surface area contributed by atoms with Crippen LogP contribution in [0.2, 0.25) is 0 Å². The quantitative estimate of drug-likeness (QED) is 0.673. The molecule has 1 saturated carbocycles. The smallest absolute Gasteiger partial charge is 0.314 e. The molecule has 0 radical (unpaired) electrons. The summed E-state index contributed by atoms with van der Waals surface area (Å²) in [6.07, 6.45) is 2.91. The van der Waals surface area contributed by atoms with Crippen molar-refractivity contribution in [2.45, 2.75) is 19.3 Å². The van der Waals surface area contributed by atoms with Crippen molar-refractivity contribution in [3.8, 4) is 11.5 Å². The Labute approximate surface area is 140 Å². The second-order valence-corrected chi connectivity index (χ2v) is 5.73. The maximum Gasteiger partial charge on any atom is 0.314 e. The Bertz CT molecular complexity index is 735. The van der Waals surface area contributed by atoms with E-state index in [0.717, 1.165) is 19.3 Å². The fourth-order valence-electron chi connectivity index (χ4n) is 2.48. The second kappa shape index (κ2) is 7.17. The van der Waals surface area contributed by atoms with Crippen LogP contribution in [0.15, 0.2) is 48.5 Å². The molecule has 0 aromatic heterocycles. The first-order valence-electron chi connectivity index (χ1n) is 7.93. The van der Waals surface area contributed by atoms with Crippen molar-refractivity contribution >= 4 is 17.6 Å². The minimum Gasteiger partial charge on any atom is -0.496 e. The maximum absolute atomic E-state index is 12.3. The third-order valence-electron chi connectivity index (χ3n) is 4.12. The number of hydrogen-bond acceptors (Lipinski definition) is 4. The first-order valence-corrected chi connectivity index (χ1v) is 7.93. The monoisotopic (exact) mass is 325 g/mol. The lowest BCUT2D eigenvalue weighted by Crippen LogP contribution is -2.26. The molecular formula is C19H19NO4. The third-order valence-corrected chi connectivity index (χ3v) is 4.12. The molecule has 1 aliphatic carbocycles. The molecule has 2 aromatic rings. The van der Waals surface area contributed by atoms with Crippen molar-refractivity contribution in [1.82, 2.24) is 0 Å². The van der Waals surface area contributed by atoms with Gasteiger partial charge in [-0.05, 0) is 49.2 Å². The molecule has 0 unspecified atom stereocenters. The summed E-state index contributed by atoms with van der Waals surface area (Å²) in [6.45, 7) is 0. The molecule has 0 spiro atoms. The van der Waals surface area contributed by atoms with Crippen molar-refractivity contribution in [3.05, 3.63) is 54.1 Å². The number of rotatable bonds is 5. The summed E-state index contributed by atoms with van der Waals surface area (Å²) < 4.78 is 10.5. The molecule has 3 rings (SSSR count). The van der Waals surface area contributed by atoms with Crippen LogP contribution >= 0.6 is 0 Å². The highest BCUT2D eigenvalue weighted by atomic mass is 16.5. The van der Waals surface area contributed by atoms with Gasteiger partial charge in [0.2, 0.25) is 0 Å². The molecule has 124 valence electrons. The van der Waals surface area contributed by atoms with Crippen molar-refractivity contribution in [1.29, 1.82) is 0 Å². The fourth-order valence-corrected chi connectivity index (χ4v) is 2.48. The van der Waals surface area contributed by atoms with Gasteiger partial charge < -0.3 is 14.8 Å². The molecule has 0 heterocycles. The molecule has 5 nitrogen and oxygen atoms in total. The van der Waals surface area contributed by atoms with Gasteiger partial charge in [-0.3, -0.25) is 9.59 Å². The largest absolute Gasteiger partial charge is 0.496 e. The van der Waals surface area contributed by atoms with Crippen LogP contribution in [0.25, 0.3) is 0 Å². The zero-order valence-electron chi connectivity index (χ0n) is 13.5. The summed E-state index contributed by atoms with van der Waals surface area (Å²) in [7, 11) is 1.53. The molecule has 0 atom stereocenters. The van der Waals surface area contributed by atoms with E-state index in [1.165, 1.54) is 7.11 Å². The topological polar surface area (TPSA) is 64.6 Å². The van der Waals surface area contributed by atoms with Crippen molar-refractivity contribution in [2.24, 2.45) is 5.92 Å². The van der Waals surface area contributed by atoms with Crippen LogP contribution in [0.1, 0.15) is 29.6 Å². The molecular weight excluding hydrogens is 306 g/mol. The van der Waals surface area contributed by atoms with E-state index >= 15 is 0 Å². The van der Waals surface area contributed by atoms with Crippen LogP contribution in [-0.4, -0.2) is 19.0 Å². The van der Waals surface area contributed by atoms with Crippen molar-refractivity contribution in [3.63, 3.8) is 0 Å².